The van der Waals surface area contributed by atoms with Gasteiger partial charge in [-0.3, -0.25) is 4.79 Å². The molecule has 0 aliphatic carbocycles. The van der Waals surface area contributed by atoms with Crippen molar-refractivity contribution in [3.63, 3.8) is 0 Å². The molecule has 0 atom stereocenters. The van der Waals surface area contributed by atoms with E-state index >= 15 is 0 Å². The normalized spacial score (nSPS) is 9.89. The molecule has 0 bridgehead atoms. The van der Waals surface area contributed by atoms with Crippen LogP contribution in [-0.2, 0) is 11.3 Å². The average Bonchev–Trinajstić information content (AvgIpc) is 2.30. The van der Waals surface area contributed by atoms with Gasteiger partial charge in [-0.1, -0.05) is 22.0 Å². The maximum absolute atomic E-state index is 11.4. The van der Waals surface area contributed by atoms with Gasteiger partial charge in [0.1, 0.15) is 0 Å². The van der Waals surface area contributed by atoms with Crippen LogP contribution in [0.3, 0.4) is 0 Å². The van der Waals surface area contributed by atoms with E-state index in [1.165, 1.54) is 0 Å². The number of carbonyl (C=O) groups is 2. The zero-order valence-corrected chi connectivity index (χ0v) is 11.6. The van der Waals surface area contributed by atoms with E-state index in [9.17, 15) is 9.59 Å². The van der Waals surface area contributed by atoms with E-state index in [0.29, 0.717) is 6.54 Å². The Morgan fingerprint density at radius 2 is 2.06 bits per heavy atom. The van der Waals surface area contributed by atoms with E-state index in [-0.39, 0.29) is 19.0 Å². The number of carboxylic acids is 1. The lowest BCUT2D eigenvalue weighted by molar-refractivity contribution is -0.136. The number of rotatable bonds is 5. The Labute approximate surface area is 114 Å². The highest BCUT2D eigenvalue weighted by atomic mass is 79.9. The molecule has 0 aromatic heterocycles. The number of aliphatic carboxylic acids is 1. The quantitative estimate of drug-likeness (QED) is 0.778. The number of urea groups is 1. The first-order valence-electron chi connectivity index (χ1n) is 5.47. The predicted molar refractivity (Wildman–Crippen MR) is 71.4 cm³/mol. The number of halogens is 1. The van der Waals surface area contributed by atoms with Crippen molar-refractivity contribution < 1.29 is 14.7 Å². The van der Waals surface area contributed by atoms with Gasteiger partial charge in [0.05, 0.1) is 6.42 Å². The van der Waals surface area contributed by atoms with Crippen molar-refractivity contribution in [3.05, 3.63) is 33.8 Å². The molecule has 1 aromatic rings. The van der Waals surface area contributed by atoms with Crippen LogP contribution >= 0.6 is 15.9 Å². The SMILES string of the molecule is Cc1ccc(Br)cc1CNC(=O)NCCC(=O)O. The lowest BCUT2D eigenvalue weighted by atomic mass is 10.1. The second-order valence-corrected chi connectivity index (χ2v) is 4.74. The highest BCUT2D eigenvalue weighted by molar-refractivity contribution is 9.10. The zero-order valence-electron chi connectivity index (χ0n) is 10.00. The Morgan fingerprint density at radius 3 is 2.72 bits per heavy atom. The van der Waals surface area contributed by atoms with Crippen molar-refractivity contribution in [1.82, 2.24) is 10.6 Å². The molecule has 98 valence electrons. The molecular formula is C12H15BrN2O3. The van der Waals surface area contributed by atoms with E-state index in [1.54, 1.807) is 0 Å². The summed E-state index contributed by atoms with van der Waals surface area (Å²) in [6, 6.07) is 5.47. The van der Waals surface area contributed by atoms with Gasteiger partial charge < -0.3 is 15.7 Å². The smallest absolute Gasteiger partial charge is 0.315 e. The van der Waals surface area contributed by atoms with Gasteiger partial charge in [-0.25, -0.2) is 4.79 Å². The number of carbonyl (C=O) groups excluding carboxylic acids is 1. The minimum absolute atomic E-state index is 0.0800. The first kappa shape index (κ1) is 14.5. The molecule has 5 nitrogen and oxygen atoms in total. The van der Waals surface area contributed by atoms with Crippen molar-refractivity contribution in [1.29, 1.82) is 0 Å². The molecule has 0 aliphatic rings. The van der Waals surface area contributed by atoms with Crippen LogP contribution in [-0.4, -0.2) is 23.7 Å². The van der Waals surface area contributed by atoms with Gasteiger partial charge in [0.2, 0.25) is 0 Å². The van der Waals surface area contributed by atoms with Crippen LogP contribution in [0.15, 0.2) is 22.7 Å². The highest BCUT2D eigenvalue weighted by Gasteiger charge is 2.04. The van der Waals surface area contributed by atoms with Crippen LogP contribution in [0, 0.1) is 6.92 Å². The summed E-state index contributed by atoms with van der Waals surface area (Å²) in [5, 5.41) is 13.6. The molecule has 18 heavy (non-hydrogen) atoms. The first-order chi connectivity index (χ1) is 8.49. The Bertz CT molecular complexity index is 449. The van der Waals surface area contributed by atoms with Crippen LogP contribution in [0.25, 0.3) is 0 Å². The largest absolute Gasteiger partial charge is 0.481 e. The van der Waals surface area contributed by atoms with Gasteiger partial charge in [-0.05, 0) is 30.2 Å². The molecule has 1 rings (SSSR count). The molecule has 0 unspecified atom stereocenters. The minimum atomic E-state index is -0.932. The second-order valence-electron chi connectivity index (χ2n) is 3.82. The standard InChI is InChI=1S/C12H15BrN2O3/c1-8-2-3-10(13)6-9(8)7-15-12(18)14-5-4-11(16)17/h2-3,6H,4-5,7H2,1H3,(H,16,17)(H2,14,15,18). The van der Waals surface area contributed by atoms with Gasteiger partial charge >= 0.3 is 12.0 Å². The summed E-state index contributed by atoms with van der Waals surface area (Å²) < 4.78 is 0.955. The summed E-state index contributed by atoms with van der Waals surface area (Å²) in [5.41, 5.74) is 2.10. The van der Waals surface area contributed by atoms with Crippen molar-refractivity contribution in [2.45, 2.75) is 19.9 Å². The highest BCUT2D eigenvalue weighted by Crippen LogP contribution is 2.15. The third kappa shape index (κ3) is 5.18. The molecule has 0 fully saturated rings. The lowest BCUT2D eigenvalue weighted by Gasteiger charge is -2.09. The van der Waals surface area contributed by atoms with Crippen molar-refractivity contribution >= 4 is 27.9 Å². The number of benzene rings is 1. The Hall–Kier alpha value is -1.56. The number of nitrogens with one attached hydrogen (secondary N) is 2. The molecule has 6 heteroatoms. The fourth-order valence-electron chi connectivity index (χ4n) is 1.35. The molecule has 0 saturated heterocycles. The molecule has 1 aromatic carbocycles. The topological polar surface area (TPSA) is 78.4 Å². The number of hydrogen-bond acceptors (Lipinski definition) is 2. The number of carboxylic acid groups (broad SMARTS) is 1. The van der Waals surface area contributed by atoms with Gasteiger partial charge in [0.15, 0.2) is 0 Å². The average molecular weight is 315 g/mol. The summed E-state index contributed by atoms with van der Waals surface area (Å²) in [6.45, 7) is 2.49. The molecule has 0 heterocycles. The van der Waals surface area contributed by atoms with Crippen molar-refractivity contribution in [2.24, 2.45) is 0 Å². The summed E-state index contributed by atoms with van der Waals surface area (Å²) in [7, 11) is 0. The molecule has 0 radical (unpaired) electrons. The van der Waals surface area contributed by atoms with Crippen LogP contribution in [0.4, 0.5) is 4.79 Å². The van der Waals surface area contributed by atoms with Gasteiger partial charge in [-0.15, -0.1) is 0 Å². The summed E-state index contributed by atoms with van der Waals surface area (Å²) in [4.78, 5) is 21.6. The van der Waals surface area contributed by atoms with E-state index < -0.39 is 5.97 Å². The third-order valence-electron chi connectivity index (χ3n) is 2.37. The minimum Gasteiger partial charge on any atom is -0.481 e. The third-order valence-corrected chi connectivity index (χ3v) is 2.87. The fourth-order valence-corrected chi connectivity index (χ4v) is 1.76. The zero-order chi connectivity index (χ0) is 13.5. The van der Waals surface area contributed by atoms with Gasteiger partial charge in [-0.2, -0.15) is 0 Å². The number of aryl methyl sites for hydroxylation is 1. The van der Waals surface area contributed by atoms with Crippen LogP contribution < -0.4 is 10.6 Å². The molecule has 2 amide bonds. The second kappa shape index (κ2) is 7.00. The summed E-state index contributed by atoms with van der Waals surface area (Å²) >= 11 is 3.37. The Balaban J connectivity index is 2.38. The van der Waals surface area contributed by atoms with Crippen molar-refractivity contribution in [3.8, 4) is 0 Å². The monoisotopic (exact) mass is 314 g/mol. The van der Waals surface area contributed by atoms with Gasteiger partial charge in [0.25, 0.3) is 0 Å². The summed E-state index contributed by atoms with van der Waals surface area (Å²) in [6.07, 6.45) is -0.0800. The molecule has 0 saturated carbocycles. The first-order valence-corrected chi connectivity index (χ1v) is 6.27. The van der Waals surface area contributed by atoms with Crippen LogP contribution in [0.2, 0.25) is 0 Å². The maximum Gasteiger partial charge on any atom is 0.315 e. The predicted octanol–water partition coefficient (Wildman–Crippen LogP) is 2.03. The van der Waals surface area contributed by atoms with Crippen LogP contribution in [0.5, 0.6) is 0 Å². The summed E-state index contributed by atoms with van der Waals surface area (Å²) in [5.74, 6) is -0.932. The Morgan fingerprint density at radius 1 is 1.33 bits per heavy atom. The molecule has 0 spiro atoms. The van der Waals surface area contributed by atoms with Crippen molar-refractivity contribution in [2.75, 3.05) is 6.54 Å². The van der Waals surface area contributed by atoms with Crippen LogP contribution in [0.1, 0.15) is 17.5 Å². The fraction of sp³-hybridized carbons (Fsp3) is 0.333. The number of hydrogen-bond donors (Lipinski definition) is 3. The maximum atomic E-state index is 11.4. The van der Waals surface area contributed by atoms with E-state index in [0.717, 1.165) is 15.6 Å². The number of amides is 2. The van der Waals surface area contributed by atoms with E-state index in [1.807, 2.05) is 25.1 Å². The molecular weight excluding hydrogens is 300 g/mol. The van der Waals surface area contributed by atoms with E-state index in [4.69, 9.17) is 5.11 Å². The Kier molecular flexibility index (Phi) is 5.64. The van der Waals surface area contributed by atoms with E-state index in [2.05, 4.69) is 26.6 Å². The van der Waals surface area contributed by atoms with Gasteiger partial charge in [0, 0.05) is 17.6 Å². The molecule has 0 aliphatic heterocycles. The molecule has 3 N–H and O–H groups in total. The lowest BCUT2D eigenvalue weighted by Crippen LogP contribution is -2.36.